The van der Waals surface area contributed by atoms with E-state index in [2.05, 4.69) is 29.2 Å². The van der Waals surface area contributed by atoms with Crippen LogP contribution in [0.2, 0.25) is 0 Å². The fraction of sp³-hybridized carbons (Fsp3) is 0.667. The van der Waals surface area contributed by atoms with Crippen LogP contribution in [-0.2, 0) is 0 Å². The molecule has 20 heavy (non-hydrogen) atoms. The second-order valence-corrected chi connectivity index (χ2v) is 6.57. The van der Waals surface area contributed by atoms with Crippen LogP contribution in [0.4, 0.5) is 5.69 Å². The number of hydrogen-bond donors (Lipinski definition) is 1. The molecule has 0 bridgehead atoms. The van der Waals surface area contributed by atoms with Gasteiger partial charge in [-0.3, -0.25) is 0 Å². The topological polar surface area (TPSA) is 29.3 Å². The quantitative estimate of drug-likeness (QED) is 0.880. The zero-order valence-electron chi connectivity index (χ0n) is 12.6. The third-order valence-corrected chi connectivity index (χ3v) is 5.21. The van der Waals surface area contributed by atoms with Crippen LogP contribution in [0.1, 0.15) is 56.4 Å². The van der Waals surface area contributed by atoms with Crippen LogP contribution in [0.15, 0.2) is 24.3 Å². The first-order valence-corrected chi connectivity index (χ1v) is 8.42. The second kappa shape index (κ2) is 6.62. The Kier molecular flexibility index (Phi) is 4.62. The van der Waals surface area contributed by atoms with Crippen molar-refractivity contribution in [3.8, 4) is 0 Å². The van der Waals surface area contributed by atoms with Gasteiger partial charge in [0.1, 0.15) is 0 Å². The van der Waals surface area contributed by atoms with Gasteiger partial charge in [0.25, 0.3) is 0 Å². The Balaban J connectivity index is 1.62. The molecular formula is C18H28N2. The summed E-state index contributed by atoms with van der Waals surface area (Å²) in [5, 5.41) is 0. The number of anilines is 1. The van der Waals surface area contributed by atoms with Gasteiger partial charge in [-0.25, -0.2) is 0 Å². The standard InChI is InChI=1S/C18H28N2/c19-12-10-16-14-20(18-9-5-4-8-17(16)18)13-11-15-6-2-1-3-7-15/h4-5,8-9,15-16H,1-3,6-7,10-14,19H2. The van der Waals surface area contributed by atoms with E-state index in [1.54, 1.807) is 0 Å². The highest BCUT2D eigenvalue weighted by molar-refractivity contribution is 5.60. The third-order valence-electron chi connectivity index (χ3n) is 5.21. The van der Waals surface area contributed by atoms with E-state index in [1.807, 2.05) is 0 Å². The van der Waals surface area contributed by atoms with Gasteiger partial charge in [-0.2, -0.15) is 0 Å². The highest BCUT2D eigenvalue weighted by atomic mass is 15.2. The summed E-state index contributed by atoms with van der Waals surface area (Å²) in [6.45, 7) is 3.22. The Morgan fingerprint density at radius 2 is 1.85 bits per heavy atom. The van der Waals surface area contributed by atoms with Crippen LogP contribution in [0, 0.1) is 5.92 Å². The molecule has 1 fully saturated rings. The fourth-order valence-electron chi connectivity index (χ4n) is 4.06. The molecule has 0 aromatic heterocycles. The van der Waals surface area contributed by atoms with Crippen LogP contribution >= 0.6 is 0 Å². The van der Waals surface area contributed by atoms with Crippen molar-refractivity contribution in [2.24, 2.45) is 11.7 Å². The van der Waals surface area contributed by atoms with E-state index in [1.165, 1.54) is 62.9 Å². The van der Waals surface area contributed by atoms with Gasteiger partial charge in [0.05, 0.1) is 0 Å². The molecule has 2 heteroatoms. The number of hydrogen-bond acceptors (Lipinski definition) is 2. The van der Waals surface area contributed by atoms with E-state index >= 15 is 0 Å². The molecule has 0 amide bonds. The Morgan fingerprint density at radius 1 is 1.05 bits per heavy atom. The molecule has 1 heterocycles. The molecule has 1 atom stereocenters. The van der Waals surface area contributed by atoms with Crippen molar-refractivity contribution in [3.05, 3.63) is 29.8 Å². The minimum absolute atomic E-state index is 0.655. The lowest BCUT2D eigenvalue weighted by Gasteiger charge is -2.26. The van der Waals surface area contributed by atoms with E-state index in [0.29, 0.717) is 5.92 Å². The summed E-state index contributed by atoms with van der Waals surface area (Å²) >= 11 is 0. The Hall–Kier alpha value is -1.02. The maximum absolute atomic E-state index is 5.78. The average molecular weight is 272 g/mol. The summed E-state index contributed by atoms with van der Waals surface area (Å²) < 4.78 is 0. The smallest absolute Gasteiger partial charge is 0.0402 e. The van der Waals surface area contributed by atoms with Gasteiger partial charge in [-0.15, -0.1) is 0 Å². The normalized spacial score (nSPS) is 23.1. The van der Waals surface area contributed by atoms with Gasteiger partial charge >= 0.3 is 0 Å². The van der Waals surface area contributed by atoms with Crippen molar-refractivity contribution in [1.29, 1.82) is 0 Å². The zero-order valence-corrected chi connectivity index (χ0v) is 12.6. The van der Waals surface area contributed by atoms with Gasteiger partial charge in [0.15, 0.2) is 0 Å². The van der Waals surface area contributed by atoms with Crippen molar-refractivity contribution in [1.82, 2.24) is 0 Å². The van der Waals surface area contributed by atoms with E-state index < -0.39 is 0 Å². The molecule has 0 spiro atoms. The van der Waals surface area contributed by atoms with Crippen LogP contribution in [0.25, 0.3) is 0 Å². The lowest BCUT2D eigenvalue weighted by molar-refractivity contribution is 0.340. The van der Waals surface area contributed by atoms with Crippen molar-refractivity contribution in [3.63, 3.8) is 0 Å². The maximum Gasteiger partial charge on any atom is 0.0402 e. The van der Waals surface area contributed by atoms with Crippen LogP contribution in [0.3, 0.4) is 0 Å². The summed E-state index contributed by atoms with van der Waals surface area (Å²) in [6, 6.07) is 8.95. The molecule has 110 valence electrons. The summed E-state index contributed by atoms with van der Waals surface area (Å²) in [6.07, 6.45) is 9.79. The number of rotatable bonds is 5. The first kappa shape index (κ1) is 13.9. The molecule has 2 aliphatic rings. The lowest BCUT2D eigenvalue weighted by Crippen LogP contribution is -2.26. The molecule has 1 aromatic rings. The third kappa shape index (κ3) is 3.01. The Labute approximate surface area is 123 Å². The second-order valence-electron chi connectivity index (χ2n) is 6.57. The Morgan fingerprint density at radius 3 is 2.65 bits per heavy atom. The minimum Gasteiger partial charge on any atom is -0.371 e. The molecular weight excluding hydrogens is 244 g/mol. The molecule has 0 saturated heterocycles. The largest absolute Gasteiger partial charge is 0.371 e. The SMILES string of the molecule is NCCC1CN(CCC2CCCCC2)c2ccccc21. The van der Waals surface area contributed by atoms with Crippen LogP contribution in [-0.4, -0.2) is 19.6 Å². The molecule has 1 saturated carbocycles. The van der Waals surface area contributed by atoms with Gasteiger partial charge < -0.3 is 10.6 Å². The van der Waals surface area contributed by atoms with E-state index in [-0.39, 0.29) is 0 Å². The van der Waals surface area contributed by atoms with E-state index in [0.717, 1.165) is 18.9 Å². The number of fused-ring (bicyclic) bond motifs is 1. The predicted molar refractivity (Wildman–Crippen MR) is 86.3 cm³/mol. The van der Waals surface area contributed by atoms with Gasteiger partial charge in [-0.05, 0) is 36.9 Å². The van der Waals surface area contributed by atoms with Crippen molar-refractivity contribution >= 4 is 5.69 Å². The molecule has 3 rings (SSSR count). The Bertz CT molecular complexity index is 423. The number of benzene rings is 1. The molecule has 2 N–H and O–H groups in total. The van der Waals surface area contributed by atoms with E-state index in [9.17, 15) is 0 Å². The zero-order chi connectivity index (χ0) is 13.8. The van der Waals surface area contributed by atoms with Gasteiger partial charge in [0, 0.05) is 24.7 Å². The van der Waals surface area contributed by atoms with Crippen LogP contribution < -0.4 is 10.6 Å². The molecule has 1 aromatic carbocycles. The lowest BCUT2D eigenvalue weighted by atomic mass is 9.87. The highest BCUT2D eigenvalue weighted by Gasteiger charge is 2.27. The highest BCUT2D eigenvalue weighted by Crippen LogP contribution is 2.38. The minimum atomic E-state index is 0.655. The summed E-state index contributed by atoms with van der Waals surface area (Å²) in [5.41, 5.74) is 8.79. The molecule has 1 aliphatic carbocycles. The first-order valence-electron chi connectivity index (χ1n) is 8.42. The van der Waals surface area contributed by atoms with Gasteiger partial charge in [-0.1, -0.05) is 50.3 Å². The predicted octanol–water partition coefficient (Wildman–Crippen LogP) is 3.91. The first-order chi connectivity index (χ1) is 9.88. The van der Waals surface area contributed by atoms with E-state index in [4.69, 9.17) is 5.73 Å². The number of para-hydroxylation sites is 1. The fourth-order valence-corrected chi connectivity index (χ4v) is 4.06. The molecule has 1 unspecified atom stereocenters. The van der Waals surface area contributed by atoms with Crippen LogP contribution in [0.5, 0.6) is 0 Å². The monoisotopic (exact) mass is 272 g/mol. The van der Waals surface area contributed by atoms with Crippen molar-refractivity contribution in [2.75, 3.05) is 24.5 Å². The van der Waals surface area contributed by atoms with Crippen molar-refractivity contribution in [2.45, 2.75) is 50.9 Å². The summed E-state index contributed by atoms with van der Waals surface area (Å²) in [5.74, 6) is 1.63. The average Bonchev–Trinajstić information content (AvgIpc) is 2.85. The summed E-state index contributed by atoms with van der Waals surface area (Å²) in [4.78, 5) is 2.62. The van der Waals surface area contributed by atoms with Gasteiger partial charge in [0.2, 0.25) is 0 Å². The maximum atomic E-state index is 5.78. The number of nitrogens with zero attached hydrogens (tertiary/aromatic N) is 1. The number of nitrogens with two attached hydrogens (primary N) is 1. The van der Waals surface area contributed by atoms with Crippen molar-refractivity contribution < 1.29 is 0 Å². The molecule has 0 radical (unpaired) electrons. The molecule has 1 aliphatic heterocycles. The molecule has 2 nitrogen and oxygen atoms in total. The summed E-state index contributed by atoms with van der Waals surface area (Å²) in [7, 11) is 0.